The van der Waals surface area contributed by atoms with E-state index in [-0.39, 0.29) is 24.1 Å². The lowest BCUT2D eigenvalue weighted by molar-refractivity contribution is 0.0949. The topological polar surface area (TPSA) is 58.2 Å². The van der Waals surface area contributed by atoms with Crippen molar-refractivity contribution in [1.29, 1.82) is 0 Å². The minimum absolute atomic E-state index is 0. The van der Waals surface area contributed by atoms with Gasteiger partial charge in [0.05, 0.1) is 0 Å². The molecule has 1 aliphatic rings. The summed E-state index contributed by atoms with van der Waals surface area (Å²) in [5.41, 5.74) is 3.42. The molecule has 0 saturated carbocycles. The van der Waals surface area contributed by atoms with Gasteiger partial charge in [0.2, 0.25) is 0 Å². The number of nitrogens with one attached hydrogen (secondary N) is 2. The molecule has 25 heavy (non-hydrogen) atoms. The van der Waals surface area contributed by atoms with Crippen molar-refractivity contribution in [3.63, 3.8) is 0 Å². The zero-order valence-electron chi connectivity index (χ0n) is 14.2. The summed E-state index contributed by atoms with van der Waals surface area (Å²) in [4.78, 5) is 23.5. The van der Waals surface area contributed by atoms with E-state index in [9.17, 15) is 9.59 Å². The molecule has 1 saturated heterocycles. The molecule has 0 spiro atoms. The van der Waals surface area contributed by atoms with Crippen molar-refractivity contribution in [2.75, 3.05) is 13.1 Å². The van der Waals surface area contributed by atoms with Gasteiger partial charge in [-0.15, -0.1) is 12.4 Å². The first-order valence-electron chi connectivity index (χ1n) is 8.36. The van der Waals surface area contributed by atoms with Crippen LogP contribution >= 0.6 is 12.4 Å². The van der Waals surface area contributed by atoms with E-state index in [2.05, 4.69) is 10.6 Å². The molecule has 1 aliphatic heterocycles. The maximum Gasteiger partial charge on any atom is 0.251 e. The highest BCUT2D eigenvalue weighted by atomic mass is 35.5. The minimum Gasteiger partial charge on any atom is -0.350 e. The van der Waals surface area contributed by atoms with Crippen LogP contribution < -0.4 is 10.6 Å². The van der Waals surface area contributed by atoms with Crippen LogP contribution in [0.25, 0.3) is 11.1 Å². The highest BCUT2D eigenvalue weighted by Gasteiger charge is 2.15. The zero-order valence-corrected chi connectivity index (χ0v) is 15.1. The van der Waals surface area contributed by atoms with Crippen molar-refractivity contribution in [2.45, 2.75) is 25.8 Å². The van der Waals surface area contributed by atoms with Crippen LogP contribution in [0.15, 0.2) is 48.5 Å². The molecule has 0 radical (unpaired) electrons. The number of hydrogen-bond acceptors (Lipinski definition) is 3. The second-order valence-electron chi connectivity index (χ2n) is 6.21. The van der Waals surface area contributed by atoms with Gasteiger partial charge in [-0.1, -0.05) is 36.4 Å². The van der Waals surface area contributed by atoms with Gasteiger partial charge in [0.1, 0.15) is 0 Å². The average molecular weight is 359 g/mol. The average Bonchev–Trinajstić information content (AvgIpc) is 3.13. The number of benzene rings is 2. The number of carbonyl (C=O) groups excluding carboxylic acids is 2. The van der Waals surface area contributed by atoms with Gasteiger partial charge in [-0.05, 0) is 49.6 Å². The predicted molar refractivity (Wildman–Crippen MR) is 102 cm³/mol. The monoisotopic (exact) mass is 358 g/mol. The number of carbonyl (C=O) groups is 2. The van der Waals surface area contributed by atoms with Crippen LogP contribution in [0, 0.1) is 0 Å². The highest BCUT2D eigenvalue weighted by Crippen LogP contribution is 2.20. The van der Waals surface area contributed by atoms with Gasteiger partial charge in [-0.3, -0.25) is 9.59 Å². The van der Waals surface area contributed by atoms with E-state index in [0.717, 1.165) is 24.1 Å². The van der Waals surface area contributed by atoms with Crippen molar-refractivity contribution in [3.05, 3.63) is 59.7 Å². The molecule has 3 rings (SSSR count). The number of halogens is 1. The van der Waals surface area contributed by atoms with E-state index >= 15 is 0 Å². The second kappa shape index (κ2) is 8.79. The maximum absolute atomic E-state index is 12.2. The fraction of sp³-hybridized carbons (Fsp3) is 0.300. The molecule has 2 aromatic rings. The van der Waals surface area contributed by atoms with Crippen LogP contribution in [0.2, 0.25) is 0 Å². The lowest BCUT2D eigenvalue weighted by atomic mass is 10.0. The Labute approximate surface area is 154 Å². The van der Waals surface area contributed by atoms with Gasteiger partial charge in [-0.25, -0.2) is 0 Å². The molecule has 0 aromatic heterocycles. The molecule has 1 heterocycles. The molecule has 1 fully saturated rings. The summed E-state index contributed by atoms with van der Waals surface area (Å²) >= 11 is 0. The predicted octanol–water partition coefficient (Wildman–Crippen LogP) is 3.46. The summed E-state index contributed by atoms with van der Waals surface area (Å²) in [5.74, 6) is 0.0208. The number of Topliss-reactive ketones (excluding diaryl/α,β-unsaturated/α-hetero) is 1. The SMILES string of the molecule is CC(=O)c1ccc(-c2ccc(C(=O)NC[C@@H]3CCCN3)cc2)cc1.Cl. The molecule has 5 heteroatoms. The lowest BCUT2D eigenvalue weighted by Gasteiger charge is -2.11. The fourth-order valence-corrected chi connectivity index (χ4v) is 2.96. The first-order valence-corrected chi connectivity index (χ1v) is 8.36. The summed E-state index contributed by atoms with van der Waals surface area (Å²) in [6, 6.07) is 15.5. The second-order valence-corrected chi connectivity index (χ2v) is 6.21. The molecule has 1 amide bonds. The Kier molecular flexibility index (Phi) is 6.73. The molecule has 1 atom stereocenters. The Morgan fingerprint density at radius 1 is 1.00 bits per heavy atom. The van der Waals surface area contributed by atoms with E-state index in [1.165, 1.54) is 6.42 Å². The number of ketones is 1. The van der Waals surface area contributed by atoms with Gasteiger partial charge < -0.3 is 10.6 Å². The maximum atomic E-state index is 12.2. The van der Waals surface area contributed by atoms with E-state index in [0.29, 0.717) is 23.7 Å². The van der Waals surface area contributed by atoms with E-state index in [1.54, 1.807) is 6.92 Å². The Morgan fingerprint density at radius 2 is 1.56 bits per heavy atom. The van der Waals surface area contributed by atoms with Crippen molar-refractivity contribution < 1.29 is 9.59 Å². The normalized spacial score (nSPS) is 16.1. The highest BCUT2D eigenvalue weighted by molar-refractivity contribution is 5.95. The van der Waals surface area contributed by atoms with Gasteiger partial charge in [-0.2, -0.15) is 0 Å². The van der Waals surface area contributed by atoms with Gasteiger partial charge in [0, 0.05) is 23.7 Å². The summed E-state index contributed by atoms with van der Waals surface area (Å²) in [6.07, 6.45) is 2.30. The third kappa shape index (κ3) is 4.91. The molecule has 2 N–H and O–H groups in total. The largest absolute Gasteiger partial charge is 0.350 e. The van der Waals surface area contributed by atoms with Crippen molar-refractivity contribution >= 4 is 24.1 Å². The third-order valence-electron chi connectivity index (χ3n) is 4.44. The Balaban J connectivity index is 0.00000225. The number of amides is 1. The van der Waals surface area contributed by atoms with Gasteiger partial charge in [0.25, 0.3) is 5.91 Å². The molecular formula is C20H23ClN2O2. The third-order valence-corrected chi connectivity index (χ3v) is 4.44. The standard InChI is InChI=1S/C20H22N2O2.ClH/c1-14(23)15-4-6-16(7-5-15)17-8-10-18(11-9-17)20(24)22-13-19-3-2-12-21-19;/h4-11,19,21H,2-3,12-13H2,1H3,(H,22,24);1H/t19-;/m0./s1. The summed E-state index contributed by atoms with van der Waals surface area (Å²) < 4.78 is 0. The van der Waals surface area contributed by atoms with Crippen molar-refractivity contribution in [1.82, 2.24) is 10.6 Å². The van der Waals surface area contributed by atoms with E-state index in [4.69, 9.17) is 0 Å². The van der Waals surface area contributed by atoms with Crippen LogP contribution in [-0.2, 0) is 0 Å². The Bertz CT molecular complexity index is 720. The van der Waals surface area contributed by atoms with Crippen LogP contribution in [0.3, 0.4) is 0 Å². The molecule has 2 aromatic carbocycles. The first kappa shape index (κ1) is 19.2. The molecule has 0 aliphatic carbocycles. The molecule has 0 unspecified atom stereocenters. The zero-order chi connectivity index (χ0) is 16.9. The smallest absolute Gasteiger partial charge is 0.251 e. The van der Waals surface area contributed by atoms with Crippen molar-refractivity contribution in [3.8, 4) is 11.1 Å². The summed E-state index contributed by atoms with van der Waals surface area (Å²) in [7, 11) is 0. The number of hydrogen-bond donors (Lipinski definition) is 2. The summed E-state index contributed by atoms with van der Waals surface area (Å²) in [5, 5.41) is 6.35. The van der Waals surface area contributed by atoms with Gasteiger partial charge in [0.15, 0.2) is 5.78 Å². The fourth-order valence-electron chi connectivity index (χ4n) is 2.96. The van der Waals surface area contributed by atoms with Crippen molar-refractivity contribution in [2.24, 2.45) is 0 Å². The Morgan fingerprint density at radius 3 is 2.04 bits per heavy atom. The summed E-state index contributed by atoms with van der Waals surface area (Å²) in [6.45, 7) is 3.27. The van der Waals surface area contributed by atoms with Crippen LogP contribution in [-0.4, -0.2) is 30.8 Å². The lowest BCUT2D eigenvalue weighted by Crippen LogP contribution is -2.37. The van der Waals surface area contributed by atoms with Crippen LogP contribution in [0.5, 0.6) is 0 Å². The molecular weight excluding hydrogens is 336 g/mol. The number of rotatable bonds is 5. The first-order chi connectivity index (χ1) is 11.6. The molecule has 4 nitrogen and oxygen atoms in total. The van der Waals surface area contributed by atoms with Crippen LogP contribution in [0.4, 0.5) is 0 Å². The quantitative estimate of drug-likeness (QED) is 0.805. The van der Waals surface area contributed by atoms with E-state index < -0.39 is 0 Å². The van der Waals surface area contributed by atoms with Gasteiger partial charge >= 0.3 is 0 Å². The Hall–Kier alpha value is -2.17. The molecule has 0 bridgehead atoms. The minimum atomic E-state index is -0.0397. The van der Waals surface area contributed by atoms with E-state index in [1.807, 2.05) is 48.5 Å². The molecule has 132 valence electrons. The van der Waals surface area contributed by atoms with Crippen LogP contribution in [0.1, 0.15) is 40.5 Å².